The molecule has 1 heterocycles. The second kappa shape index (κ2) is 3.89. The molecule has 5 atom stereocenters. The zero-order valence-electron chi connectivity index (χ0n) is 11.9. The first kappa shape index (κ1) is 12.2. The Hall–Kier alpha value is -1.35. The van der Waals surface area contributed by atoms with Gasteiger partial charge in [-0.3, -0.25) is 0 Å². The minimum Gasteiger partial charge on any atom is -0.458 e. The van der Waals surface area contributed by atoms with Gasteiger partial charge in [0.15, 0.2) is 0 Å². The number of rotatable bonds is 1. The molecular formula is C18H19FO2. The Morgan fingerprint density at radius 1 is 1.19 bits per heavy atom. The summed E-state index contributed by atoms with van der Waals surface area (Å²) in [5.74, 6) is 2.88. The molecule has 3 aliphatic carbocycles. The number of hydrogen-bond acceptors (Lipinski definition) is 2. The molecule has 2 aromatic rings. The maximum absolute atomic E-state index is 13.3. The zero-order valence-corrected chi connectivity index (χ0v) is 11.9. The molecule has 2 bridgehead atoms. The van der Waals surface area contributed by atoms with E-state index in [0.29, 0.717) is 29.1 Å². The summed E-state index contributed by atoms with van der Waals surface area (Å²) in [7, 11) is 0. The summed E-state index contributed by atoms with van der Waals surface area (Å²) in [6, 6.07) is 6.40. The van der Waals surface area contributed by atoms with Crippen molar-refractivity contribution in [3.05, 3.63) is 35.8 Å². The van der Waals surface area contributed by atoms with E-state index in [4.69, 9.17) is 4.42 Å². The van der Waals surface area contributed by atoms with E-state index < -0.39 is 5.60 Å². The lowest BCUT2D eigenvalue weighted by atomic mass is 9.72. The van der Waals surface area contributed by atoms with Crippen molar-refractivity contribution in [1.82, 2.24) is 0 Å². The van der Waals surface area contributed by atoms with Crippen LogP contribution in [0.5, 0.6) is 0 Å². The molecule has 0 aliphatic heterocycles. The number of hydrogen-bond donors (Lipinski definition) is 1. The van der Waals surface area contributed by atoms with Gasteiger partial charge in [-0.15, -0.1) is 0 Å². The van der Waals surface area contributed by atoms with Crippen molar-refractivity contribution in [3.63, 3.8) is 0 Å². The first-order valence-electron chi connectivity index (χ1n) is 8.07. The van der Waals surface area contributed by atoms with Crippen LogP contribution < -0.4 is 0 Å². The average molecular weight is 286 g/mol. The smallest absolute Gasteiger partial charge is 0.137 e. The van der Waals surface area contributed by atoms with Crippen molar-refractivity contribution >= 4 is 11.0 Å². The van der Waals surface area contributed by atoms with Gasteiger partial charge in [-0.1, -0.05) is 6.42 Å². The maximum atomic E-state index is 13.3. The van der Waals surface area contributed by atoms with E-state index >= 15 is 0 Å². The molecule has 0 spiro atoms. The Bertz CT molecular complexity index is 721. The molecule has 1 aromatic carbocycles. The lowest BCUT2D eigenvalue weighted by molar-refractivity contribution is -0.0659. The average Bonchev–Trinajstić information content (AvgIpc) is 3.17. The van der Waals surface area contributed by atoms with Gasteiger partial charge in [-0.2, -0.15) is 0 Å². The molecule has 5 rings (SSSR count). The molecule has 110 valence electrons. The lowest BCUT2D eigenvalue weighted by Gasteiger charge is -2.37. The summed E-state index contributed by atoms with van der Waals surface area (Å²) in [5, 5.41) is 12.0. The first-order valence-corrected chi connectivity index (χ1v) is 8.07. The van der Waals surface area contributed by atoms with Crippen LogP contribution in [0.15, 0.2) is 28.7 Å². The number of furan rings is 1. The van der Waals surface area contributed by atoms with Crippen molar-refractivity contribution in [3.8, 4) is 0 Å². The molecule has 5 unspecified atom stereocenters. The van der Waals surface area contributed by atoms with Crippen LogP contribution in [0.3, 0.4) is 0 Å². The molecule has 3 aliphatic rings. The van der Waals surface area contributed by atoms with Crippen molar-refractivity contribution in [2.45, 2.75) is 37.7 Å². The molecule has 21 heavy (non-hydrogen) atoms. The summed E-state index contributed by atoms with van der Waals surface area (Å²) < 4.78 is 19.2. The second-order valence-electron chi connectivity index (χ2n) is 7.28. The Labute approximate surface area is 122 Å². The fraction of sp³-hybridized carbons (Fsp3) is 0.556. The molecule has 2 nitrogen and oxygen atoms in total. The third-order valence-electron chi connectivity index (χ3n) is 6.40. The minimum atomic E-state index is -0.828. The van der Waals surface area contributed by atoms with E-state index in [9.17, 15) is 9.50 Å². The quantitative estimate of drug-likeness (QED) is 0.851. The highest BCUT2D eigenvalue weighted by Crippen LogP contribution is 2.65. The van der Waals surface area contributed by atoms with Crippen LogP contribution in [0.4, 0.5) is 4.39 Å². The third kappa shape index (κ3) is 1.50. The van der Waals surface area contributed by atoms with Gasteiger partial charge in [-0.05, 0) is 73.6 Å². The fourth-order valence-electron chi connectivity index (χ4n) is 5.62. The van der Waals surface area contributed by atoms with Crippen molar-refractivity contribution < 1.29 is 13.9 Å². The van der Waals surface area contributed by atoms with Crippen molar-refractivity contribution in [2.75, 3.05) is 0 Å². The SMILES string of the molecule is OC1(c2cc3cc(F)ccc3o2)CC2CC1C1CCCC21. The molecular weight excluding hydrogens is 267 g/mol. The van der Waals surface area contributed by atoms with E-state index in [0.717, 1.165) is 24.1 Å². The van der Waals surface area contributed by atoms with E-state index in [1.165, 1.54) is 31.4 Å². The normalized spacial score (nSPS) is 41.0. The van der Waals surface area contributed by atoms with Crippen LogP contribution >= 0.6 is 0 Å². The van der Waals surface area contributed by atoms with Crippen LogP contribution in [0, 0.1) is 29.5 Å². The zero-order chi connectivity index (χ0) is 14.2. The first-order chi connectivity index (χ1) is 10.1. The van der Waals surface area contributed by atoms with Gasteiger partial charge in [0.05, 0.1) is 0 Å². The predicted molar refractivity (Wildman–Crippen MR) is 77.1 cm³/mol. The van der Waals surface area contributed by atoms with E-state index in [1.807, 2.05) is 6.07 Å². The Morgan fingerprint density at radius 2 is 2.05 bits per heavy atom. The lowest BCUT2D eigenvalue weighted by Crippen LogP contribution is -2.38. The number of benzene rings is 1. The molecule has 0 radical (unpaired) electrons. The predicted octanol–water partition coefficient (Wildman–Crippen LogP) is 4.22. The standard InChI is InChI=1S/C18H19FO2/c19-12-4-5-16-10(6-12)8-17(21-16)18(20)9-11-7-15(18)14-3-1-2-13(11)14/h4-6,8,11,13-15,20H,1-3,7,9H2. The van der Waals surface area contributed by atoms with Gasteiger partial charge in [-0.25, -0.2) is 4.39 Å². The monoisotopic (exact) mass is 286 g/mol. The Morgan fingerprint density at radius 3 is 2.95 bits per heavy atom. The fourth-order valence-corrected chi connectivity index (χ4v) is 5.62. The molecule has 1 aromatic heterocycles. The minimum absolute atomic E-state index is 0.259. The molecule has 3 fully saturated rings. The van der Waals surface area contributed by atoms with Crippen LogP contribution in [-0.4, -0.2) is 5.11 Å². The van der Waals surface area contributed by atoms with Gasteiger partial charge in [0, 0.05) is 5.39 Å². The summed E-state index contributed by atoms with van der Waals surface area (Å²) in [6.45, 7) is 0. The number of halogens is 1. The van der Waals surface area contributed by atoms with Gasteiger partial charge in [0.25, 0.3) is 0 Å². The summed E-state index contributed by atoms with van der Waals surface area (Å²) in [6.07, 6.45) is 5.86. The van der Waals surface area contributed by atoms with Gasteiger partial charge < -0.3 is 9.52 Å². The van der Waals surface area contributed by atoms with Crippen LogP contribution in [0.1, 0.15) is 37.9 Å². The van der Waals surface area contributed by atoms with Crippen molar-refractivity contribution in [2.24, 2.45) is 23.7 Å². The largest absolute Gasteiger partial charge is 0.458 e. The molecule has 0 saturated heterocycles. The Balaban J connectivity index is 1.59. The molecule has 1 N–H and O–H groups in total. The van der Waals surface area contributed by atoms with E-state index in [2.05, 4.69) is 0 Å². The highest BCUT2D eigenvalue weighted by Gasteiger charge is 2.62. The Kier molecular flexibility index (Phi) is 2.26. The van der Waals surface area contributed by atoms with Crippen LogP contribution in [-0.2, 0) is 5.60 Å². The third-order valence-corrected chi connectivity index (χ3v) is 6.40. The summed E-state index contributed by atoms with van der Waals surface area (Å²) in [4.78, 5) is 0. The number of aliphatic hydroxyl groups is 1. The second-order valence-corrected chi connectivity index (χ2v) is 7.28. The molecule has 3 saturated carbocycles. The maximum Gasteiger partial charge on any atom is 0.137 e. The van der Waals surface area contributed by atoms with Gasteiger partial charge in [0.2, 0.25) is 0 Å². The highest BCUT2D eigenvalue weighted by atomic mass is 19.1. The summed E-state index contributed by atoms with van der Waals surface area (Å²) >= 11 is 0. The number of fused-ring (bicyclic) bond motifs is 6. The van der Waals surface area contributed by atoms with Crippen LogP contribution in [0.2, 0.25) is 0 Å². The van der Waals surface area contributed by atoms with Gasteiger partial charge in [0.1, 0.15) is 22.8 Å². The summed E-state index contributed by atoms with van der Waals surface area (Å²) in [5.41, 5.74) is -0.156. The van der Waals surface area contributed by atoms with Crippen molar-refractivity contribution in [1.29, 1.82) is 0 Å². The topological polar surface area (TPSA) is 33.4 Å². The highest BCUT2D eigenvalue weighted by molar-refractivity contribution is 5.78. The molecule has 0 amide bonds. The molecule has 3 heteroatoms. The van der Waals surface area contributed by atoms with E-state index in [1.54, 1.807) is 6.07 Å². The van der Waals surface area contributed by atoms with Crippen LogP contribution in [0.25, 0.3) is 11.0 Å². The van der Waals surface area contributed by atoms with E-state index in [-0.39, 0.29) is 5.82 Å². The van der Waals surface area contributed by atoms with Gasteiger partial charge >= 0.3 is 0 Å².